The lowest BCUT2D eigenvalue weighted by atomic mass is 9.93. The summed E-state index contributed by atoms with van der Waals surface area (Å²) >= 11 is 0. The van der Waals surface area contributed by atoms with E-state index in [-0.39, 0.29) is 31.3 Å². The van der Waals surface area contributed by atoms with Gasteiger partial charge in [-0.3, -0.25) is 14.4 Å². The van der Waals surface area contributed by atoms with Crippen molar-refractivity contribution >= 4 is 17.8 Å². The average molecular weight is 378 g/mol. The molecule has 1 aliphatic rings. The molecule has 1 aliphatic heterocycles. The van der Waals surface area contributed by atoms with Crippen molar-refractivity contribution in [1.82, 2.24) is 10.6 Å². The molecule has 0 spiro atoms. The zero-order valence-electron chi connectivity index (χ0n) is 15.6. The van der Waals surface area contributed by atoms with Crippen LogP contribution in [0.2, 0.25) is 0 Å². The molecular weight excluding hydrogens is 352 g/mol. The van der Waals surface area contributed by atoms with Gasteiger partial charge in [0.25, 0.3) is 0 Å². The van der Waals surface area contributed by atoms with Gasteiger partial charge in [0.2, 0.25) is 11.8 Å². The predicted molar refractivity (Wildman–Crippen MR) is 97.3 cm³/mol. The summed E-state index contributed by atoms with van der Waals surface area (Å²) in [7, 11) is 0. The zero-order chi connectivity index (χ0) is 19.9. The summed E-state index contributed by atoms with van der Waals surface area (Å²) in [6, 6.07) is 6.61. The van der Waals surface area contributed by atoms with Crippen molar-refractivity contribution in [2.24, 2.45) is 0 Å². The SMILES string of the molecule is CCOc1ccccc1C(CC(=O)NC1(CC(=O)O)CCOC1)NC(C)=O. The summed E-state index contributed by atoms with van der Waals surface area (Å²) in [6.45, 7) is 4.24. The van der Waals surface area contributed by atoms with Gasteiger partial charge in [0.1, 0.15) is 5.75 Å². The number of ether oxygens (including phenoxy) is 2. The first-order valence-corrected chi connectivity index (χ1v) is 8.94. The molecule has 1 aromatic carbocycles. The van der Waals surface area contributed by atoms with Crippen LogP contribution < -0.4 is 15.4 Å². The molecule has 2 unspecified atom stereocenters. The van der Waals surface area contributed by atoms with Gasteiger partial charge in [0.05, 0.1) is 37.6 Å². The quantitative estimate of drug-likeness (QED) is 0.599. The monoisotopic (exact) mass is 378 g/mol. The predicted octanol–water partition coefficient (Wildman–Crippen LogP) is 1.40. The fourth-order valence-electron chi connectivity index (χ4n) is 3.25. The molecule has 148 valence electrons. The minimum Gasteiger partial charge on any atom is -0.494 e. The van der Waals surface area contributed by atoms with E-state index in [1.54, 1.807) is 18.2 Å². The third-order valence-corrected chi connectivity index (χ3v) is 4.36. The van der Waals surface area contributed by atoms with Crippen molar-refractivity contribution in [2.75, 3.05) is 19.8 Å². The van der Waals surface area contributed by atoms with E-state index in [1.165, 1.54) is 6.92 Å². The number of benzene rings is 1. The van der Waals surface area contributed by atoms with Crippen LogP contribution in [0.4, 0.5) is 0 Å². The molecule has 3 N–H and O–H groups in total. The van der Waals surface area contributed by atoms with E-state index in [9.17, 15) is 14.4 Å². The minimum absolute atomic E-state index is 0.0367. The van der Waals surface area contributed by atoms with Gasteiger partial charge in [-0.05, 0) is 19.4 Å². The fraction of sp³-hybridized carbons (Fsp3) is 0.526. The lowest BCUT2D eigenvalue weighted by Gasteiger charge is -2.28. The first kappa shape index (κ1) is 20.7. The highest BCUT2D eigenvalue weighted by Gasteiger charge is 2.39. The molecule has 0 aliphatic carbocycles. The highest BCUT2D eigenvalue weighted by atomic mass is 16.5. The molecule has 0 saturated carbocycles. The van der Waals surface area contributed by atoms with E-state index in [1.807, 2.05) is 13.0 Å². The second-order valence-corrected chi connectivity index (χ2v) is 6.63. The van der Waals surface area contributed by atoms with Gasteiger partial charge in [-0.15, -0.1) is 0 Å². The Balaban J connectivity index is 2.17. The number of para-hydroxylation sites is 1. The lowest BCUT2D eigenvalue weighted by molar-refractivity contribution is -0.139. The normalized spacial score (nSPS) is 19.9. The number of aliphatic carboxylic acids is 1. The molecule has 8 nitrogen and oxygen atoms in total. The first-order valence-electron chi connectivity index (χ1n) is 8.94. The number of carbonyl (C=O) groups is 3. The number of nitrogens with one attached hydrogen (secondary N) is 2. The minimum atomic E-state index is -0.999. The third-order valence-electron chi connectivity index (χ3n) is 4.36. The van der Waals surface area contributed by atoms with Gasteiger partial charge < -0.3 is 25.2 Å². The molecule has 2 atom stereocenters. The number of hydrogen-bond acceptors (Lipinski definition) is 5. The lowest BCUT2D eigenvalue weighted by Crippen LogP contribution is -2.51. The zero-order valence-corrected chi connectivity index (χ0v) is 15.6. The van der Waals surface area contributed by atoms with Crippen molar-refractivity contribution in [1.29, 1.82) is 0 Å². The second-order valence-electron chi connectivity index (χ2n) is 6.63. The Kier molecular flexibility index (Phi) is 7.18. The molecule has 2 amide bonds. The molecule has 1 aromatic rings. The molecule has 1 heterocycles. The third kappa shape index (κ3) is 5.96. The Labute approximate surface area is 158 Å². The number of amides is 2. The molecule has 0 bridgehead atoms. The summed E-state index contributed by atoms with van der Waals surface area (Å²) < 4.78 is 10.9. The van der Waals surface area contributed by atoms with Crippen molar-refractivity contribution in [3.8, 4) is 5.75 Å². The van der Waals surface area contributed by atoms with Crippen molar-refractivity contribution in [3.63, 3.8) is 0 Å². The number of hydrogen-bond donors (Lipinski definition) is 3. The first-order chi connectivity index (χ1) is 12.8. The maximum atomic E-state index is 12.7. The molecule has 2 rings (SSSR count). The Hall–Kier alpha value is -2.61. The van der Waals surface area contributed by atoms with Crippen LogP contribution >= 0.6 is 0 Å². The summed E-state index contributed by atoms with van der Waals surface area (Å²) in [5.74, 6) is -1.03. The molecule has 27 heavy (non-hydrogen) atoms. The highest BCUT2D eigenvalue weighted by Crippen LogP contribution is 2.29. The Bertz CT molecular complexity index is 685. The summed E-state index contributed by atoms with van der Waals surface area (Å²) in [5, 5.41) is 14.7. The Morgan fingerprint density at radius 3 is 2.67 bits per heavy atom. The second kappa shape index (κ2) is 9.36. The van der Waals surface area contributed by atoms with Gasteiger partial charge in [-0.25, -0.2) is 0 Å². The van der Waals surface area contributed by atoms with E-state index in [0.29, 0.717) is 30.9 Å². The van der Waals surface area contributed by atoms with E-state index < -0.39 is 17.6 Å². The van der Waals surface area contributed by atoms with Crippen LogP contribution in [0.5, 0.6) is 5.75 Å². The highest BCUT2D eigenvalue weighted by molar-refractivity contribution is 5.81. The topological polar surface area (TPSA) is 114 Å². The summed E-state index contributed by atoms with van der Waals surface area (Å²) in [5.41, 5.74) is -0.219. The van der Waals surface area contributed by atoms with E-state index >= 15 is 0 Å². The van der Waals surface area contributed by atoms with E-state index in [4.69, 9.17) is 14.6 Å². The largest absolute Gasteiger partial charge is 0.494 e. The number of rotatable bonds is 9. The standard InChI is InChI=1S/C19H26N2O6/c1-3-27-16-7-5-4-6-14(16)15(20-13(2)22)10-17(23)21-19(11-18(24)25)8-9-26-12-19/h4-7,15H,3,8-12H2,1-2H3,(H,20,22)(H,21,23)(H,24,25). The average Bonchev–Trinajstić information content (AvgIpc) is 3.01. The number of carboxylic acid groups (broad SMARTS) is 1. The van der Waals surface area contributed by atoms with Crippen LogP contribution in [-0.4, -0.2) is 48.2 Å². The molecule has 1 fully saturated rings. The molecular formula is C19H26N2O6. The Morgan fingerprint density at radius 2 is 2.07 bits per heavy atom. The van der Waals surface area contributed by atoms with Gasteiger partial charge in [-0.1, -0.05) is 18.2 Å². The van der Waals surface area contributed by atoms with Crippen LogP contribution in [0.1, 0.15) is 44.7 Å². The van der Waals surface area contributed by atoms with Gasteiger partial charge in [-0.2, -0.15) is 0 Å². The fourth-order valence-corrected chi connectivity index (χ4v) is 3.25. The van der Waals surface area contributed by atoms with Crippen LogP contribution in [0, 0.1) is 0 Å². The van der Waals surface area contributed by atoms with Gasteiger partial charge in [0.15, 0.2) is 0 Å². The molecule has 0 radical (unpaired) electrons. The maximum absolute atomic E-state index is 12.7. The smallest absolute Gasteiger partial charge is 0.305 e. The van der Waals surface area contributed by atoms with Crippen molar-refractivity contribution in [3.05, 3.63) is 29.8 Å². The van der Waals surface area contributed by atoms with Gasteiger partial charge >= 0.3 is 5.97 Å². The molecule has 0 aromatic heterocycles. The van der Waals surface area contributed by atoms with Crippen molar-refractivity contribution < 1.29 is 29.0 Å². The van der Waals surface area contributed by atoms with E-state index in [2.05, 4.69) is 10.6 Å². The van der Waals surface area contributed by atoms with Crippen LogP contribution in [0.3, 0.4) is 0 Å². The number of carboxylic acids is 1. The summed E-state index contributed by atoms with van der Waals surface area (Å²) in [6.07, 6.45) is 0.190. The van der Waals surface area contributed by atoms with Crippen LogP contribution in [0.25, 0.3) is 0 Å². The number of carbonyl (C=O) groups excluding carboxylic acids is 2. The molecule has 8 heteroatoms. The summed E-state index contributed by atoms with van der Waals surface area (Å²) in [4.78, 5) is 35.5. The van der Waals surface area contributed by atoms with Crippen molar-refractivity contribution in [2.45, 2.75) is 44.7 Å². The molecule has 1 saturated heterocycles. The Morgan fingerprint density at radius 1 is 1.33 bits per heavy atom. The van der Waals surface area contributed by atoms with Gasteiger partial charge in [0, 0.05) is 19.1 Å². The maximum Gasteiger partial charge on any atom is 0.305 e. The van der Waals surface area contributed by atoms with Crippen LogP contribution in [0.15, 0.2) is 24.3 Å². The van der Waals surface area contributed by atoms with Crippen LogP contribution in [-0.2, 0) is 19.1 Å². The van der Waals surface area contributed by atoms with E-state index in [0.717, 1.165) is 0 Å².